The van der Waals surface area contributed by atoms with Crippen LogP contribution in [0.5, 0.6) is 17.2 Å². The van der Waals surface area contributed by atoms with Crippen molar-refractivity contribution >= 4 is 21.4 Å². The molecular formula is C13H20NO4P. The van der Waals surface area contributed by atoms with Gasteiger partial charge in [0.1, 0.15) is 34.8 Å². The van der Waals surface area contributed by atoms with E-state index in [1.54, 1.807) is 26.4 Å². The van der Waals surface area contributed by atoms with Crippen LogP contribution in [0, 0.1) is 0 Å². The van der Waals surface area contributed by atoms with Gasteiger partial charge in [-0.05, 0) is 23.2 Å². The number of aldehydes is 1. The Morgan fingerprint density at radius 1 is 1.26 bits per heavy atom. The van der Waals surface area contributed by atoms with Gasteiger partial charge >= 0.3 is 0 Å². The number of nitrogens with one attached hydrogen (secondary N) is 1. The lowest BCUT2D eigenvalue weighted by Gasteiger charge is -2.25. The molecule has 0 heterocycles. The van der Waals surface area contributed by atoms with Gasteiger partial charge in [0.05, 0.1) is 14.2 Å². The van der Waals surface area contributed by atoms with Crippen LogP contribution in [0.15, 0.2) is 12.1 Å². The number of benzene rings is 1. The number of hydrogen-bond donors (Lipinski definition) is 1. The number of ether oxygens (including phenoxy) is 3. The summed E-state index contributed by atoms with van der Waals surface area (Å²) in [4.78, 5) is 10.6. The van der Waals surface area contributed by atoms with Crippen molar-refractivity contribution in [1.29, 1.82) is 0 Å². The zero-order chi connectivity index (χ0) is 14.5. The van der Waals surface area contributed by atoms with Crippen molar-refractivity contribution in [2.75, 3.05) is 19.3 Å². The van der Waals surface area contributed by atoms with Gasteiger partial charge in [0.25, 0.3) is 0 Å². The molecule has 0 saturated carbocycles. The lowest BCUT2D eigenvalue weighted by Crippen LogP contribution is -2.28. The second kappa shape index (κ2) is 6.62. The van der Waals surface area contributed by atoms with Crippen molar-refractivity contribution in [2.45, 2.75) is 25.9 Å². The van der Waals surface area contributed by atoms with Crippen LogP contribution in [-0.4, -0.2) is 26.1 Å². The summed E-state index contributed by atoms with van der Waals surface area (Å²) < 4.78 is 16.4. The largest absolute Gasteiger partial charge is 0.494 e. The number of methoxy groups -OCH3 is 2. The van der Waals surface area contributed by atoms with E-state index in [-0.39, 0.29) is 0 Å². The molecule has 6 heteroatoms. The van der Waals surface area contributed by atoms with Gasteiger partial charge in [0.2, 0.25) is 0 Å². The molecular weight excluding hydrogens is 265 g/mol. The predicted molar refractivity (Wildman–Crippen MR) is 78.3 cm³/mol. The van der Waals surface area contributed by atoms with Gasteiger partial charge < -0.3 is 24.1 Å². The third-order valence-corrected chi connectivity index (χ3v) is 2.88. The molecule has 0 amide bonds. The Morgan fingerprint density at radius 2 is 1.79 bits per heavy atom. The van der Waals surface area contributed by atoms with Crippen LogP contribution in [-0.2, 0) is 4.79 Å². The Morgan fingerprint density at radius 3 is 2.16 bits per heavy atom. The molecule has 0 aromatic heterocycles. The molecule has 5 nitrogen and oxygen atoms in total. The molecule has 0 fully saturated rings. The SMILES string of the molecule is COc1cc(OC(C)(C)CC=O)cc(OC)c1NP. The summed E-state index contributed by atoms with van der Waals surface area (Å²) in [5, 5.41) is 2.94. The molecule has 0 aliphatic rings. The first-order valence-corrected chi connectivity index (χ1v) is 6.40. The van der Waals surface area contributed by atoms with E-state index in [1.807, 2.05) is 13.8 Å². The second-order valence-corrected chi connectivity index (χ2v) is 4.87. The van der Waals surface area contributed by atoms with E-state index in [0.717, 1.165) is 12.0 Å². The van der Waals surface area contributed by atoms with Gasteiger partial charge in [-0.3, -0.25) is 0 Å². The minimum atomic E-state index is -0.576. The fraction of sp³-hybridized carbons (Fsp3) is 0.462. The molecule has 1 aromatic rings. The molecule has 1 rings (SSSR count). The topological polar surface area (TPSA) is 56.8 Å². The van der Waals surface area contributed by atoms with Crippen LogP contribution < -0.4 is 19.3 Å². The van der Waals surface area contributed by atoms with E-state index in [0.29, 0.717) is 23.7 Å². The summed E-state index contributed by atoms with van der Waals surface area (Å²) >= 11 is 0. The van der Waals surface area contributed by atoms with Crippen LogP contribution in [0.4, 0.5) is 5.69 Å². The molecule has 1 atom stereocenters. The number of carbonyl (C=O) groups excluding carboxylic acids is 1. The van der Waals surface area contributed by atoms with Gasteiger partial charge in [-0.25, -0.2) is 0 Å². The van der Waals surface area contributed by atoms with Crippen molar-refractivity contribution in [3.63, 3.8) is 0 Å². The number of carbonyl (C=O) groups is 1. The monoisotopic (exact) mass is 285 g/mol. The summed E-state index contributed by atoms with van der Waals surface area (Å²) in [6.07, 6.45) is 1.15. The number of hydrogen-bond acceptors (Lipinski definition) is 5. The number of rotatable bonds is 7. The van der Waals surface area contributed by atoms with Gasteiger partial charge in [0, 0.05) is 18.6 Å². The zero-order valence-electron chi connectivity index (χ0n) is 11.6. The molecule has 1 aromatic carbocycles. The quantitative estimate of drug-likeness (QED) is 0.616. The van der Waals surface area contributed by atoms with Crippen molar-refractivity contribution in [1.82, 2.24) is 0 Å². The van der Waals surface area contributed by atoms with Gasteiger partial charge in [-0.15, -0.1) is 0 Å². The molecule has 0 aliphatic heterocycles. The molecule has 1 N–H and O–H groups in total. The summed E-state index contributed by atoms with van der Waals surface area (Å²) in [7, 11) is 5.54. The summed E-state index contributed by atoms with van der Waals surface area (Å²) in [5.41, 5.74) is 0.142. The summed E-state index contributed by atoms with van der Waals surface area (Å²) in [6, 6.07) is 3.50. The fourth-order valence-corrected chi connectivity index (χ4v) is 1.93. The Bertz CT molecular complexity index is 423. The van der Waals surface area contributed by atoms with Crippen molar-refractivity contribution in [3.05, 3.63) is 12.1 Å². The highest BCUT2D eigenvalue weighted by Crippen LogP contribution is 2.40. The van der Waals surface area contributed by atoms with Gasteiger partial charge in [0.15, 0.2) is 0 Å². The van der Waals surface area contributed by atoms with Crippen LogP contribution in [0.2, 0.25) is 0 Å². The first-order chi connectivity index (χ1) is 8.97. The molecule has 106 valence electrons. The minimum absolute atomic E-state index is 0.307. The molecule has 19 heavy (non-hydrogen) atoms. The van der Waals surface area contributed by atoms with Crippen LogP contribution in [0.1, 0.15) is 20.3 Å². The first-order valence-electron chi connectivity index (χ1n) is 5.82. The normalized spacial score (nSPS) is 10.8. The Hall–Kier alpha value is -1.48. The van der Waals surface area contributed by atoms with Crippen LogP contribution >= 0.6 is 9.39 Å². The van der Waals surface area contributed by atoms with E-state index in [2.05, 4.69) is 14.5 Å². The highest BCUT2D eigenvalue weighted by molar-refractivity contribution is 7.18. The molecule has 0 radical (unpaired) electrons. The lowest BCUT2D eigenvalue weighted by atomic mass is 10.1. The Kier molecular flexibility index (Phi) is 5.43. The fourth-order valence-electron chi connectivity index (χ4n) is 1.65. The Balaban J connectivity index is 3.12. The summed E-state index contributed by atoms with van der Waals surface area (Å²) in [6.45, 7) is 3.70. The molecule has 0 bridgehead atoms. The van der Waals surface area contributed by atoms with Crippen molar-refractivity contribution < 1.29 is 19.0 Å². The van der Waals surface area contributed by atoms with E-state index in [1.165, 1.54) is 0 Å². The zero-order valence-corrected chi connectivity index (χ0v) is 12.8. The van der Waals surface area contributed by atoms with Gasteiger partial charge in [-0.2, -0.15) is 0 Å². The van der Waals surface area contributed by atoms with E-state index < -0.39 is 5.60 Å². The van der Waals surface area contributed by atoms with E-state index in [9.17, 15) is 4.79 Å². The van der Waals surface area contributed by atoms with E-state index >= 15 is 0 Å². The summed E-state index contributed by atoms with van der Waals surface area (Å²) in [5.74, 6) is 1.79. The smallest absolute Gasteiger partial charge is 0.149 e. The first kappa shape index (κ1) is 15.6. The average Bonchev–Trinajstić information content (AvgIpc) is 2.36. The molecule has 0 aliphatic carbocycles. The standard InChI is InChI=1S/C13H20NO4P/c1-13(2,5-6-15)18-9-7-10(16-3)12(14-19)11(8-9)17-4/h6-8,14H,5,19H2,1-4H3. The van der Waals surface area contributed by atoms with Crippen LogP contribution in [0.25, 0.3) is 0 Å². The molecule has 0 spiro atoms. The highest BCUT2D eigenvalue weighted by Gasteiger charge is 2.21. The maximum Gasteiger partial charge on any atom is 0.149 e. The minimum Gasteiger partial charge on any atom is -0.494 e. The van der Waals surface area contributed by atoms with Crippen molar-refractivity contribution in [2.24, 2.45) is 0 Å². The second-order valence-electron chi connectivity index (χ2n) is 4.58. The Labute approximate surface area is 115 Å². The average molecular weight is 285 g/mol. The maximum absolute atomic E-state index is 10.6. The van der Waals surface area contributed by atoms with Crippen LogP contribution in [0.3, 0.4) is 0 Å². The molecule has 1 unspecified atom stereocenters. The maximum atomic E-state index is 10.6. The molecule has 0 saturated heterocycles. The number of anilines is 1. The predicted octanol–water partition coefficient (Wildman–Crippen LogP) is 2.65. The van der Waals surface area contributed by atoms with E-state index in [4.69, 9.17) is 14.2 Å². The van der Waals surface area contributed by atoms with Crippen molar-refractivity contribution in [3.8, 4) is 17.2 Å². The third-order valence-electron chi connectivity index (χ3n) is 2.59. The lowest BCUT2D eigenvalue weighted by molar-refractivity contribution is -0.110. The van der Waals surface area contributed by atoms with Gasteiger partial charge in [-0.1, -0.05) is 0 Å². The third kappa shape index (κ3) is 4.00. The highest BCUT2D eigenvalue weighted by atomic mass is 31.0.